The maximum Gasteiger partial charge on any atom is 0.204 e. The first-order valence-corrected chi connectivity index (χ1v) is 19.3. The Morgan fingerprint density at radius 2 is 1.42 bits per heavy atom. The predicted molar refractivity (Wildman–Crippen MR) is 206 cm³/mol. The Balaban J connectivity index is 1.26. The van der Waals surface area contributed by atoms with Gasteiger partial charge in [0.05, 0.1) is 14.2 Å². The van der Waals surface area contributed by atoms with E-state index in [0.29, 0.717) is 41.7 Å². The molecule has 53 heavy (non-hydrogen) atoms. The number of aliphatic hydroxyl groups excluding tert-OH is 1. The molecule has 280 valence electrons. The Morgan fingerprint density at radius 1 is 0.717 bits per heavy atom. The van der Waals surface area contributed by atoms with Gasteiger partial charge in [-0.2, -0.15) is 0 Å². The van der Waals surface area contributed by atoms with E-state index < -0.39 is 6.10 Å². The SMILES string of the molecule is COc1ccc2cc1Oc1ccc(cc1)C[C@H]1c3cc(ccc3CCN1C)Oc1c(OCC(O)CN3CCCCC3)c(OC)cc3c1[C@H](C2)N(C)CC3. The lowest BCUT2D eigenvalue weighted by Gasteiger charge is -2.37. The summed E-state index contributed by atoms with van der Waals surface area (Å²) in [7, 11) is 7.76. The van der Waals surface area contributed by atoms with Crippen LogP contribution in [-0.4, -0.2) is 93.6 Å². The van der Waals surface area contributed by atoms with Gasteiger partial charge in [0, 0.05) is 37.3 Å². The van der Waals surface area contributed by atoms with Gasteiger partial charge < -0.3 is 33.7 Å². The molecule has 0 aromatic heterocycles. The zero-order chi connectivity index (χ0) is 36.5. The van der Waals surface area contributed by atoms with Gasteiger partial charge >= 0.3 is 0 Å². The van der Waals surface area contributed by atoms with E-state index in [0.717, 1.165) is 68.1 Å². The maximum atomic E-state index is 11.2. The molecule has 1 fully saturated rings. The molecule has 0 amide bonds. The molecule has 9 heteroatoms. The van der Waals surface area contributed by atoms with E-state index in [-0.39, 0.29) is 18.7 Å². The Kier molecular flexibility index (Phi) is 10.5. The van der Waals surface area contributed by atoms with Crippen molar-refractivity contribution in [1.82, 2.24) is 14.7 Å². The molecule has 0 spiro atoms. The van der Waals surface area contributed by atoms with Crippen molar-refractivity contribution >= 4 is 0 Å². The summed E-state index contributed by atoms with van der Waals surface area (Å²) in [6, 6.07) is 23.5. The zero-order valence-corrected chi connectivity index (χ0v) is 31.6. The summed E-state index contributed by atoms with van der Waals surface area (Å²) in [5, 5.41) is 11.2. The zero-order valence-electron chi connectivity index (χ0n) is 31.6. The normalized spacial score (nSPS) is 21.0. The topological polar surface area (TPSA) is 76.1 Å². The van der Waals surface area contributed by atoms with Crippen LogP contribution in [0.25, 0.3) is 0 Å². The number of benzene rings is 4. The van der Waals surface area contributed by atoms with Crippen molar-refractivity contribution < 1.29 is 28.8 Å². The van der Waals surface area contributed by atoms with Crippen LogP contribution in [0.3, 0.4) is 0 Å². The molecule has 4 aromatic rings. The van der Waals surface area contributed by atoms with Crippen LogP contribution in [0.1, 0.15) is 64.7 Å². The number of ether oxygens (including phenoxy) is 5. The Hall–Kier alpha value is -4.28. The predicted octanol–water partition coefficient (Wildman–Crippen LogP) is 7.37. The van der Waals surface area contributed by atoms with Crippen LogP contribution in [0.4, 0.5) is 0 Å². The van der Waals surface area contributed by atoms with Gasteiger partial charge in [0.25, 0.3) is 0 Å². The molecule has 0 radical (unpaired) electrons. The Bertz CT molecular complexity index is 1910. The van der Waals surface area contributed by atoms with E-state index in [2.05, 4.69) is 89.5 Å². The number of nitrogens with zero attached hydrogens (tertiary/aromatic N) is 3. The molecular weight excluding hydrogens is 666 g/mol. The lowest BCUT2D eigenvalue weighted by molar-refractivity contribution is 0.0598. The summed E-state index contributed by atoms with van der Waals surface area (Å²) >= 11 is 0. The largest absolute Gasteiger partial charge is 0.493 e. The number of likely N-dealkylation sites (tertiary alicyclic amines) is 1. The van der Waals surface area contributed by atoms with Crippen LogP contribution < -0.4 is 23.7 Å². The number of β-amino-alcohol motifs (C(OH)–C–C–N with tert-alkyl or cyclic N) is 1. The van der Waals surface area contributed by atoms with Crippen molar-refractivity contribution in [2.45, 2.75) is 63.1 Å². The number of hydrogen-bond acceptors (Lipinski definition) is 9. The van der Waals surface area contributed by atoms with E-state index in [4.69, 9.17) is 23.7 Å². The molecule has 1 saturated heterocycles. The summed E-state index contributed by atoms with van der Waals surface area (Å²) in [6.07, 6.45) is 6.34. The fraction of sp³-hybridized carbons (Fsp3) is 0.455. The third-order valence-corrected chi connectivity index (χ3v) is 11.7. The first-order chi connectivity index (χ1) is 25.9. The third kappa shape index (κ3) is 7.58. The molecule has 5 aliphatic rings. The van der Waals surface area contributed by atoms with Crippen molar-refractivity contribution in [3.8, 4) is 40.2 Å². The number of likely N-dealkylation sites (N-methyl/N-ethyl adjacent to an activating group) is 2. The maximum absolute atomic E-state index is 11.2. The van der Waals surface area contributed by atoms with Crippen molar-refractivity contribution in [3.63, 3.8) is 0 Å². The van der Waals surface area contributed by atoms with Crippen LogP contribution in [0.15, 0.2) is 66.7 Å². The Morgan fingerprint density at radius 3 is 2.19 bits per heavy atom. The Labute approximate surface area is 314 Å². The van der Waals surface area contributed by atoms with Gasteiger partial charge in [-0.1, -0.05) is 30.7 Å². The highest BCUT2D eigenvalue weighted by molar-refractivity contribution is 5.63. The van der Waals surface area contributed by atoms with E-state index in [1.165, 1.54) is 41.5 Å². The van der Waals surface area contributed by atoms with Gasteiger partial charge in [0.1, 0.15) is 24.2 Å². The highest BCUT2D eigenvalue weighted by atomic mass is 16.5. The first kappa shape index (κ1) is 35.7. The van der Waals surface area contributed by atoms with Gasteiger partial charge in [-0.05, 0) is 136 Å². The van der Waals surface area contributed by atoms with Gasteiger partial charge in [-0.3, -0.25) is 9.80 Å². The number of methoxy groups -OCH3 is 2. The molecule has 0 saturated carbocycles. The molecule has 4 aromatic carbocycles. The van der Waals surface area contributed by atoms with E-state index in [1.807, 2.05) is 6.07 Å². The fourth-order valence-electron chi connectivity index (χ4n) is 8.69. The van der Waals surface area contributed by atoms with Crippen LogP contribution in [0.5, 0.6) is 40.2 Å². The standard InChI is InChI=1S/C44H53N3O6/c1-45-20-16-31-11-14-35-26-36(31)37(45)22-29-8-12-34(13-9-29)52-40-24-30(10-15-39(40)49-3)23-38-42-32(17-21-46(38)2)25-41(50-4)43(44(42)53-35)51-28-33(48)27-47-18-6-5-7-19-47/h8-15,24-26,33,37-38,48H,5-7,16-23,27-28H2,1-4H3/t33?,37-,38-/m0/s1. The van der Waals surface area contributed by atoms with Gasteiger partial charge in [-0.15, -0.1) is 0 Å². The van der Waals surface area contributed by atoms with Crippen LogP contribution in [0, 0.1) is 0 Å². The van der Waals surface area contributed by atoms with Gasteiger partial charge in [0.2, 0.25) is 5.75 Å². The number of piperidine rings is 1. The highest BCUT2D eigenvalue weighted by Gasteiger charge is 2.34. The minimum absolute atomic E-state index is 0.0313. The van der Waals surface area contributed by atoms with Gasteiger partial charge in [0.15, 0.2) is 23.0 Å². The number of rotatable bonds is 7. The van der Waals surface area contributed by atoms with Crippen molar-refractivity contribution in [2.75, 3.05) is 67.6 Å². The minimum atomic E-state index is -0.648. The van der Waals surface area contributed by atoms with Crippen LogP contribution >= 0.6 is 0 Å². The summed E-state index contributed by atoms with van der Waals surface area (Å²) in [4.78, 5) is 7.18. The number of hydrogen-bond donors (Lipinski definition) is 1. The van der Waals surface area contributed by atoms with Crippen LogP contribution in [-0.2, 0) is 25.7 Å². The molecule has 9 nitrogen and oxygen atoms in total. The molecule has 0 aliphatic carbocycles. The van der Waals surface area contributed by atoms with Gasteiger partial charge in [-0.25, -0.2) is 0 Å². The number of fused-ring (bicyclic) bond motifs is 2. The van der Waals surface area contributed by atoms with E-state index >= 15 is 0 Å². The summed E-state index contributed by atoms with van der Waals surface area (Å²) in [6.45, 7) is 4.62. The number of aliphatic hydroxyl groups is 1. The van der Waals surface area contributed by atoms with Crippen molar-refractivity contribution in [3.05, 3.63) is 100 Å². The second-order valence-electron chi connectivity index (χ2n) is 15.2. The molecule has 3 atom stereocenters. The molecule has 1 unspecified atom stereocenters. The highest BCUT2D eigenvalue weighted by Crippen LogP contribution is 2.51. The fourth-order valence-corrected chi connectivity index (χ4v) is 8.69. The average molecular weight is 720 g/mol. The summed E-state index contributed by atoms with van der Waals surface area (Å²) < 4.78 is 32.1. The smallest absolute Gasteiger partial charge is 0.204 e. The van der Waals surface area contributed by atoms with E-state index in [9.17, 15) is 5.11 Å². The molecule has 5 heterocycles. The minimum Gasteiger partial charge on any atom is -0.493 e. The first-order valence-electron chi connectivity index (χ1n) is 19.3. The molecule has 5 aliphatic heterocycles. The molecular formula is C44H53N3O6. The lowest BCUT2D eigenvalue weighted by atomic mass is 9.87. The monoisotopic (exact) mass is 719 g/mol. The quantitative estimate of drug-likeness (QED) is 0.211. The summed E-state index contributed by atoms with van der Waals surface area (Å²) in [5.74, 6) is 4.72. The third-order valence-electron chi connectivity index (χ3n) is 11.7. The molecule has 1 N–H and O–H groups in total. The van der Waals surface area contributed by atoms with Crippen molar-refractivity contribution in [2.24, 2.45) is 0 Å². The second-order valence-corrected chi connectivity index (χ2v) is 15.2. The molecule has 9 rings (SSSR count). The van der Waals surface area contributed by atoms with Crippen molar-refractivity contribution in [1.29, 1.82) is 0 Å². The lowest BCUT2D eigenvalue weighted by Crippen LogP contribution is -2.38. The van der Waals surface area contributed by atoms with Crippen LogP contribution in [0.2, 0.25) is 0 Å². The second kappa shape index (κ2) is 15.6. The van der Waals surface area contributed by atoms with E-state index in [1.54, 1.807) is 14.2 Å². The average Bonchev–Trinajstić information content (AvgIpc) is 3.17. The summed E-state index contributed by atoms with van der Waals surface area (Å²) in [5.41, 5.74) is 7.24. The molecule has 6 bridgehead atoms.